The summed E-state index contributed by atoms with van der Waals surface area (Å²) in [5.74, 6) is 0.542. The van der Waals surface area contributed by atoms with Crippen LogP contribution in [-0.2, 0) is 4.74 Å². The van der Waals surface area contributed by atoms with Gasteiger partial charge >= 0.3 is 0 Å². The molecule has 1 aromatic carbocycles. The first kappa shape index (κ1) is 14.0. The number of hydrogen-bond donors (Lipinski definition) is 1. The lowest BCUT2D eigenvalue weighted by Crippen LogP contribution is -2.25. The molecule has 2 rings (SSSR count). The molecule has 0 radical (unpaired) electrons. The van der Waals surface area contributed by atoms with Gasteiger partial charge in [0.2, 0.25) is 0 Å². The summed E-state index contributed by atoms with van der Waals surface area (Å²) in [4.78, 5) is 0. The molecule has 0 spiro atoms. The molecule has 1 atom stereocenters. The van der Waals surface area contributed by atoms with Gasteiger partial charge in [-0.05, 0) is 37.2 Å². The Hall–Kier alpha value is -1.39. The molecule has 0 saturated carbocycles. The van der Waals surface area contributed by atoms with Crippen LogP contribution in [0.2, 0.25) is 0 Å². The summed E-state index contributed by atoms with van der Waals surface area (Å²) in [6, 6.07) is 6.43. The van der Waals surface area contributed by atoms with E-state index < -0.39 is 0 Å². The van der Waals surface area contributed by atoms with Gasteiger partial charge in [0.15, 0.2) is 0 Å². The maximum Gasteiger partial charge on any atom is 0.134 e. The van der Waals surface area contributed by atoms with Gasteiger partial charge in [0.1, 0.15) is 17.2 Å². The molecule has 0 saturated heterocycles. The third-order valence-electron chi connectivity index (χ3n) is 2.92. The van der Waals surface area contributed by atoms with Gasteiger partial charge in [-0.1, -0.05) is 13.8 Å². The van der Waals surface area contributed by atoms with E-state index in [1.165, 1.54) is 12.1 Å². The molecule has 0 fully saturated rings. The van der Waals surface area contributed by atoms with Gasteiger partial charge in [-0.3, -0.25) is 0 Å². The highest BCUT2D eigenvalue weighted by Gasteiger charge is 2.15. The smallest absolute Gasteiger partial charge is 0.134 e. The largest absolute Gasteiger partial charge is 0.459 e. The Bertz CT molecular complexity index is 524. The van der Waals surface area contributed by atoms with Gasteiger partial charge in [0.25, 0.3) is 0 Å². The van der Waals surface area contributed by atoms with Crippen molar-refractivity contribution in [3.63, 3.8) is 0 Å². The molecular weight excluding hydrogens is 245 g/mol. The fourth-order valence-electron chi connectivity index (χ4n) is 2.04. The second-order valence-corrected chi connectivity index (χ2v) is 4.52. The van der Waals surface area contributed by atoms with E-state index in [1.54, 1.807) is 6.07 Å². The van der Waals surface area contributed by atoms with E-state index in [9.17, 15) is 4.39 Å². The Morgan fingerprint density at radius 3 is 2.89 bits per heavy atom. The van der Waals surface area contributed by atoms with Gasteiger partial charge in [-0.2, -0.15) is 0 Å². The van der Waals surface area contributed by atoms with Crippen molar-refractivity contribution in [3.8, 4) is 0 Å². The number of fused-ring (bicyclic) bond motifs is 1. The van der Waals surface area contributed by atoms with Crippen LogP contribution in [0.25, 0.3) is 11.0 Å². The molecule has 1 heterocycles. The molecule has 0 aliphatic heterocycles. The van der Waals surface area contributed by atoms with Crippen LogP contribution >= 0.6 is 0 Å². The van der Waals surface area contributed by atoms with Crippen LogP contribution in [-0.4, -0.2) is 19.8 Å². The molecule has 0 aliphatic carbocycles. The highest BCUT2D eigenvalue weighted by Crippen LogP contribution is 2.25. The number of hydrogen-bond acceptors (Lipinski definition) is 3. The third kappa shape index (κ3) is 3.55. The number of nitrogens with one attached hydrogen (secondary N) is 1. The molecule has 0 amide bonds. The fourth-order valence-corrected chi connectivity index (χ4v) is 2.04. The van der Waals surface area contributed by atoms with Crippen molar-refractivity contribution in [3.05, 3.63) is 35.8 Å². The fraction of sp³-hybridized carbons (Fsp3) is 0.467. The molecule has 1 unspecified atom stereocenters. The summed E-state index contributed by atoms with van der Waals surface area (Å²) in [6.45, 7) is 6.23. The zero-order valence-corrected chi connectivity index (χ0v) is 11.4. The second-order valence-electron chi connectivity index (χ2n) is 4.52. The summed E-state index contributed by atoms with van der Waals surface area (Å²) in [6.07, 6.45) is 0.990. The predicted octanol–water partition coefficient (Wildman–Crippen LogP) is 3.65. The minimum Gasteiger partial charge on any atom is -0.459 e. The SMILES string of the molecule is CCCOCC(NCC)c1cc2cc(F)ccc2o1. The van der Waals surface area contributed by atoms with E-state index in [0.717, 1.165) is 30.7 Å². The van der Waals surface area contributed by atoms with E-state index >= 15 is 0 Å². The lowest BCUT2D eigenvalue weighted by molar-refractivity contribution is 0.106. The molecule has 19 heavy (non-hydrogen) atoms. The maximum absolute atomic E-state index is 13.2. The van der Waals surface area contributed by atoms with Crippen LogP contribution in [0.4, 0.5) is 4.39 Å². The summed E-state index contributed by atoms with van der Waals surface area (Å²) in [7, 11) is 0. The third-order valence-corrected chi connectivity index (χ3v) is 2.92. The number of likely N-dealkylation sites (N-methyl/N-ethyl adjacent to an activating group) is 1. The molecule has 0 bridgehead atoms. The van der Waals surface area contributed by atoms with Crippen LogP contribution in [0.15, 0.2) is 28.7 Å². The highest BCUT2D eigenvalue weighted by atomic mass is 19.1. The molecule has 4 heteroatoms. The van der Waals surface area contributed by atoms with Crippen molar-refractivity contribution in [1.82, 2.24) is 5.32 Å². The van der Waals surface area contributed by atoms with E-state index in [4.69, 9.17) is 9.15 Å². The number of halogens is 1. The van der Waals surface area contributed by atoms with Crippen LogP contribution in [0.5, 0.6) is 0 Å². The first-order valence-corrected chi connectivity index (χ1v) is 6.74. The minimum absolute atomic E-state index is 0.00649. The van der Waals surface area contributed by atoms with Crippen molar-refractivity contribution in [2.24, 2.45) is 0 Å². The van der Waals surface area contributed by atoms with Crippen LogP contribution in [0, 0.1) is 5.82 Å². The standard InChI is InChI=1S/C15H20FNO2/c1-3-7-18-10-13(17-4-2)15-9-11-8-12(16)5-6-14(11)19-15/h5-6,8-9,13,17H,3-4,7,10H2,1-2H3. The molecular formula is C15H20FNO2. The van der Waals surface area contributed by atoms with Gasteiger partial charge < -0.3 is 14.5 Å². The predicted molar refractivity (Wildman–Crippen MR) is 73.7 cm³/mol. The number of benzene rings is 1. The van der Waals surface area contributed by atoms with Gasteiger partial charge in [-0.15, -0.1) is 0 Å². The van der Waals surface area contributed by atoms with E-state index in [2.05, 4.69) is 12.2 Å². The topological polar surface area (TPSA) is 34.4 Å². The van der Waals surface area contributed by atoms with E-state index in [1.807, 2.05) is 13.0 Å². The van der Waals surface area contributed by atoms with Crippen molar-refractivity contribution >= 4 is 11.0 Å². The molecule has 0 aliphatic rings. The monoisotopic (exact) mass is 265 g/mol. The Kier molecular flexibility index (Phi) is 4.93. The maximum atomic E-state index is 13.2. The Labute approximate surface area is 112 Å². The number of furan rings is 1. The molecule has 3 nitrogen and oxygen atoms in total. The summed E-state index contributed by atoms with van der Waals surface area (Å²) >= 11 is 0. The average molecular weight is 265 g/mol. The first-order valence-electron chi connectivity index (χ1n) is 6.74. The van der Waals surface area contributed by atoms with Crippen molar-refractivity contribution < 1.29 is 13.5 Å². The van der Waals surface area contributed by atoms with Crippen molar-refractivity contribution in [1.29, 1.82) is 0 Å². The molecule has 104 valence electrons. The molecule has 2 aromatic rings. The number of ether oxygens (including phenoxy) is 1. The van der Waals surface area contributed by atoms with Gasteiger partial charge in [0, 0.05) is 12.0 Å². The second kappa shape index (κ2) is 6.68. The zero-order chi connectivity index (χ0) is 13.7. The van der Waals surface area contributed by atoms with Crippen LogP contribution in [0.3, 0.4) is 0 Å². The Morgan fingerprint density at radius 1 is 1.32 bits per heavy atom. The van der Waals surface area contributed by atoms with Crippen molar-refractivity contribution in [2.45, 2.75) is 26.3 Å². The zero-order valence-electron chi connectivity index (χ0n) is 11.4. The van der Waals surface area contributed by atoms with E-state index in [0.29, 0.717) is 12.2 Å². The Balaban J connectivity index is 2.17. The Morgan fingerprint density at radius 2 is 2.16 bits per heavy atom. The van der Waals surface area contributed by atoms with Crippen LogP contribution in [0.1, 0.15) is 32.1 Å². The van der Waals surface area contributed by atoms with Gasteiger partial charge in [-0.25, -0.2) is 4.39 Å². The normalized spacial score (nSPS) is 13.0. The molecule has 1 aromatic heterocycles. The minimum atomic E-state index is -0.248. The summed E-state index contributed by atoms with van der Waals surface area (Å²) in [5.41, 5.74) is 0.704. The van der Waals surface area contributed by atoms with Gasteiger partial charge in [0.05, 0.1) is 12.6 Å². The summed E-state index contributed by atoms with van der Waals surface area (Å²) in [5, 5.41) is 4.11. The molecule has 1 N–H and O–H groups in total. The van der Waals surface area contributed by atoms with Crippen molar-refractivity contribution in [2.75, 3.05) is 19.8 Å². The average Bonchev–Trinajstić information content (AvgIpc) is 2.80. The highest BCUT2D eigenvalue weighted by molar-refractivity contribution is 5.78. The quantitative estimate of drug-likeness (QED) is 0.776. The van der Waals surface area contributed by atoms with E-state index in [-0.39, 0.29) is 11.9 Å². The lowest BCUT2D eigenvalue weighted by Gasteiger charge is -2.15. The first-order chi connectivity index (χ1) is 9.24. The summed E-state index contributed by atoms with van der Waals surface area (Å²) < 4.78 is 24.5. The lowest BCUT2D eigenvalue weighted by atomic mass is 10.2. The number of rotatable bonds is 7. The van der Waals surface area contributed by atoms with Crippen LogP contribution < -0.4 is 5.32 Å².